The van der Waals surface area contributed by atoms with E-state index in [0.717, 1.165) is 41.3 Å². The largest absolute Gasteiger partial charge is 0.489 e. The molecule has 0 aliphatic carbocycles. The van der Waals surface area contributed by atoms with E-state index in [9.17, 15) is 0 Å². The summed E-state index contributed by atoms with van der Waals surface area (Å²) in [5.74, 6) is 1.51. The topological polar surface area (TPSA) is 64.9 Å². The summed E-state index contributed by atoms with van der Waals surface area (Å²) >= 11 is 5.90. The van der Waals surface area contributed by atoms with Gasteiger partial charge in [0.25, 0.3) is 0 Å². The van der Waals surface area contributed by atoms with Crippen molar-refractivity contribution in [1.29, 1.82) is 0 Å². The highest BCUT2D eigenvalue weighted by Gasteiger charge is 2.05. The summed E-state index contributed by atoms with van der Waals surface area (Å²) in [6, 6.07) is 15.6. The van der Waals surface area contributed by atoms with E-state index in [-0.39, 0.29) is 0 Å². The number of benzene rings is 2. The van der Waals surface area contributed by atoms with Gasteiger partial charge in [0.2, 0.25) is 5.95 Å². The molecule has 0 radical (unpaired) electrons. The third-order valence-electron chi connectivity index (χ3n) is 3.92. The van der Waals surface area contributed by atoms with Crippen molar-refractivity contribution in [2.45, 2.75) is 39.5 Å². The highest BCUT2D eigenvalue weighted by molar-refractivity contribution is 6.30. The Labute approximate surface area is 158 Å². The van der Waals surface area contributed by atoms with Crippen LogP contribution in [0, 0.1) is 0 Å². The summed E-state index contributed by atoms with van der Waals surface area (Å²) in [5.41, 5.74) is 2.18. The molecule has 7 heteroatoms. The third-order valence-corrected chi connectivity index (χ3v) is 4.18. The molecule has 3 rings (SSSR count). The van der Waals surface area contributed by atoms with Gasteiger partial charge in [0, 0.05) is 18.1 Å². The molecule has 0 unspecified atom stereocenters. The molecule has 0 aliphatic heterocycles. The molecular formula is C19H22ClN5O. The molecule has 1 aromatic heterocycles. The zero-order valence-electron chi connectivity index (χ0n) is 14.7. The second-order valence-electron chi connectivity index (χ2n) is 6.00. The van der Waals surface area contributed by atoms with Crippen LogP contribution in [0.4, 0.5) is 5.95 Å². The van der Waals surface area contributed by atoms with Crippen molar-refractivity contribution in [1.82, 2.24) is 20.2 Å². The number of nitrogens with zero attached hydrogens (tertiary/aromatic N) is 4. The van der Waals surface area contributed by atoms with Crippen LogP contribution in [-0.4, -0.2) is 20.2 Å². The lowest BCUT2D eigenvalue weighted by molar-refractivity contribution is 0.306. The van der Waals surface area contributed by atoms with Crippen molar-refractivity contribution in [3.8, 4) is 5.75 Å². The van der Waals surface area contributed by atoms with E-state index in [0.29, 0.717) is 19.1 Å². The van der Waals surface area contributed by atoms with Gasteiger partial charge in [-0.05, 0) is 52.2 Å². The lowest BCUT2D eigenvalue weighted by Gasteiger charge is -2.10. The first-order valence-electron chi connectivity index (χ1n) is 8.71. The Morgan fingerprint density at radius 1 is 1.12 bits per heavy atom. The average molecular weight is 372 g/mol. The van der Waals surface area contributed by atoms with E-state index in [1.165, 1.54) is 0 Å². The van der Waals surface area contributed by atoms with Gasteiger partial charge in [-0.15, -0.1) is 0 Å². The molecule has 0 amide bonds. The van der Waals surface area contributed by atoms with Gasteiger partial charge in [0.15, 0.2) is 0 Å². The van der Waals surface area contributed by atoms with Crippen LogP contribution in [0.3, 0.4) is 0 Å². The summed E-state index contributed by atoms with van der Waals surface area (Å²) in [6.45, 7) is 4.09. The van der Waals surface area contributed by atoms with Crippen LogP contribution in [0.1, 0.15) is 30.9 Å². The molecule has 0 atom stereocenters. The van der Waals surface area contributed by atoms with E-state index in [1.807, 2.05) is 48.5 Å². The van der Waals surface area contributed by atoms with E-state index in [1.54, 1.807) is 4.68 Å². The highest BCUT2D eigenvalue weighted by atomic mass is 35.5. The second-order valence-corrected chi connectivity index (χ2v) is 6.43. The number of unbranched alkanes of at least 4 members (excludes halogenated alkanes) is 1. The number of halogens is 1. The van der Waals surface area contributed by atoms with Crippen LogP contribution >= 0.6 is 11.6 Å². The zero-order chi connectivity index (χ0) is 18.2. The van der Waals surface area contributed by atoms with E-state index in [2.05, 4.69) is 27.8 Å². The third kappa shape index (κ3) is 5.20. The van der Waals surface area contributed by atoms with Crippen molar-refractivity contribution in [3.05, 3.63) is 64.7 Å². The molecule has 0 spiro atoms. The molecule has 1 heterocycles. The van der Waals surface area contributed by atoms with Crippen LogP contribution in [0.25, 0.3) is 0 Å². The molecule has 3 aromatic rings. The number of rotatable bonds is 9. The highest BCUT2D eigenvalue weighted by Crippen LogP contribution is 2.17. The van der Waals surface area contributed by atoms with E-state index in [4.69, 9.17) is 16.3 Å². The van der Waals surface area contributed by atoms with Gasteiger partial charge in [0.05, 0.1) is 0 Å². The molecule has 1 N–H and O–H groups in total. The standard InChI is InChI=1S/C19H22ClN5O/c1-2-3-11-25-19(22-23-24-25)21-13-16-5-4-6-18(12-16)26-14-15-7-9-17(20)10-8-15/h4-10,12H,2-3,11,13-14H2,1H3,(H,21,22,24). The quantitative estimate of drug-likeness (QED) is 0.606. The Bertz CT molecular complexity index is 819. The number of aromatic nitrogens is 4. The maximum Gasteiger partial charge on any atom is 0.243 e. The van der Waals surface area contributed by atoms with Gasteiger partial charge < -0.3 is 10.1 Å². The minimum Gasteiger partial charge on any atom is -0.489 e. The predicted molar refractivity (Wildman–Crippen MR) is 102 cm³/mol. The van der Waals surface area contributed by atoms with Crippen molar-refractivity contribution < 1.29 is 4.74 Å². The monoisotopic (exact) mass is 371 g/mol. The summed E-state index contributed by atoms with van der Waals surface area (Å²) in [7, 11) is 0. The molecule has 0 saturated heterocycles. The Morgan fingerprint density at radius 2 is 1.96 bits per heavy atom. The number of aryl methyl sites for hydroxylation is 1. The fourth-order valence-corrected chi connectivity index (χ4v) is 2.59. The maximum atomic E-state index is 5.90. The van der Waals surface area contributed by atoms with E-state index < -0.39 is 0 Å². The van der Waals surface area contributed by atoms with Crippen molar-refractivity contribution >= 4 is 17.5 Å². The molecule has 0 aliphatic rings. The van der Waals surface area contributed by atoms with Gasteiger partial charge in [-0.1, -0.05) is 54.3 Å². The van der Waals surface area contributed by atoms with Gasteiger partial charge in [-0.3, -0.25) is 0 Å². The predicted octanol–water partition coefficient (Wildman–Crippen LogP) is 4.32. The zero-order valence-corrected chi connectivity index (χ0v) is 15.5. The second kappa shape index (κ2) is 9.20. The van der Waals surface area contributed by atoms with Gasteiger partial charge in [0.1, 0.15) is 12.4 Å². The first-order chi connectivity index (χ1) is 12.7. The maximum absolute atomic E-state index is 5.90. The minimum absolute atomic E-state index is 0.503. The first kappa shape index (κ1) is 18.2. The number of anilines is 1. The number of nitrogens with one attached hydrogen (secondary N) is 1. The Balaban J connectivity index is 1.55. The summed E-state index contributed by atoms with van der Waals surface area (Å²) in [4.78, 5) is 0. The van der Waals surface area contributed by atoms with Crippen LogP contribution in [0.15, 0.2) is 48.5 Å². The Morgan fingerprint density at radius 3 is 2.77 bits per heavy atom. The fourth-order valence-electron chi connectivity index (χ4n) is 2.46. The van der Waals surface area contributed by atoms with Crippen LogP contribution in [0.2, 0.25) is 5.02 Å². The number of tetrazole rings is 1. The number of ether oxygens (including phenoxy) is 1. The molecule has 0 bridgehead atoms. The molecule has 136 valence electrons. The average Bonchev–Trinajstić information content (AvgIpc) is 3.12. The fraction of sp³-hybridized carbons (Fsp3) is 0.316. The van der Waals surface area contributed by atoms with Gasteiger partial charge >= 0.3 is 0 Å². The summed E-state index contributed by atoms with van der Waals surface area (Å²) in [6.07, 6.45) is 2.15. The van der Waals surface area contributed by atoms with Crippen LogP contribution in [-0.2, 0) is 19.7 Å². The minimum atomic E-state index is 0.503. The van der Waals surface area contributed by atoms with Crippen molar-refractivity contribution in [2.24, 2.45) is 0 Å². The van der Waals surface area contributed by atoms with E-state index >= 15 is 0 Å². The summed E-state index contributed by atoms with van der Waals surface area (Å²) in [5, 5.41) is 15.8. The normalized spacial score (nSPS) is 10.7. The number of hydrogen-bond donors (Lipinski definition) is 1. The van der Waals surface area contributed by atoms with Crippen molar-refractivity contribution in [3.63, 3.8) is 0 Å². The smallest absolute Gasteiger partial charge is 0.243 e. The number of hydrogen-bond acceptors (Lipinski definition) is 5. The molecule has 0 fully saturated rings. The van der Waals surface area contributed by atoms with Gasteiger partial charge in [-0.25, -0.2) is 4.68 Å². The van der Waals surface area contributed by atoms with Crippen LogP contribution < -0.4 is 10.1 Å². The Kier molecular flexibility index (Phi) is 6.44. The Hall–Kier alpha value is -2.60. The molecule has 26 heavy (non-hydrogen) atoms. The molecule has 6 nitrogen and oxygen atoms in total. The summed E-state index contributed by atoms with van der Waals surface area (Å²) < 4.78 is 7.67. The SMILES string of the molecule is CCCCn1nnnc1NCc1cccc(OCc2ccc(Cl)cc2)c1. The lowest BCUT2D eigenvalue weighted by Crippen LogP contribution is -2.09. The molecular weight excluding hydrogens is 350 g/mol. The molecule has 2 aromatic carbocycles. The molecule has 0 saturated carbocycles. The van der Waals surface area contributed by atoms with Crippen LogP contribution in [0.5, 0.6) is 5.75 Å². The lowest BCUT2D eigenvalue weighted by atomic mass is 10.2. The van der Waals surface area contributed by atoms with Crippen molar-refractivity contribution in [2.75, 3.05) is 5.32 Å². The van der Waals surface area contributed by atoms with Gasteiger partial charge in [-0.2, -0.15) is 0 Å². The first-order valence-corrected chi connectivity index (χ1v) is 9.08.